The van der Waals surface area contributed by atoms with Gasteiger partial charge in [-0.3, -0.25) is 9.59 Å². The number of amides is 2. The standard InChI is InChI=1S/C23H19N3O3S2/c1-14-11-15-5-2-3-6-18(15)26(14)21(27)13-30-23-25-17-9-8-16(12-20(17)31-23)24-22(28)19-7-4-10-29-19/h2-10,12,14H,11,13H2,1H3,(H,24,28). The predicted molar refractivity (Wildman–Crippen MR) is 124 cm³/mol. The summed E-state index contributed by atoms with van der Waals surface area (Å²) in [4.78, 5) is 31.6. The van der Waals surface area contributed by atoms with Crippen LogP contribution in [0.2, 0.25) is 0 Å². The van der Waals surface area contributed by atoms with Crippen LogP contribution >= 0.6 is 23.1 Å². The maximum Gasteiger partial charge on any atom is 0.291 e. The summed E-state index contributed by atoms with van der Waals surface area (Å²) in [5, 5.41) is 2.83. The van der Waals surface area contributed by atoms with Crippen molar-refractivity contribution in [3.05, 3.63) is 72.2 Å². The van der Waals surface area contributed by atoms with Crippen molar-refractivity contribution < 1.29 is 14.0 Å². The van der Waals surface area contributed by atoms with Crippen molar-refractivity contribution in [3.8, 4) is 0 Å². The lowest BCUT2D eigenvalue weighted by molar-refractivity contribution is -0.116. The highest BCUT2D eigenvalue weighted by molar-refractivity contribution is 8.01. The van der Waals surface area contributed by atoms with Crippen molar-refractivity contribution in [3.63, 3.8) is 0 Å². The smallest absolute Gasteiger partial charge is 0.291 e. The number of furan rings is 1. The van der Waals surface area contributed by atoms with E-state index in [1.165, 1.54) is 34.9 Å². The average Bonchev–Trinajstić information content (AvgIpc) is 3.49. The molecule has 1 aliphatic rings. The summed E-state index contributed by atoms with van der Waals surface area (Å²) in [7, 11) is 0. The molecule has 5 rings (SSSR count). The molecule has 1 atom stereocenters. The van der Waals surface area contributed by atoms with Gasteiger partial charge in [-0.1, -0.05) is 30.0 Å². The summed E-state index contributed by atoms with van der Waals surface area (Å²) in [6.45, 7) is 2.08. The Morgan fingerprint density at radius 3 is 2.94 bits per heavy atom. The summed E-state index contributed by atoms with van der Waals surface area (Å²) >= 11 is 2.96. The fraction of sp³-hybridized carbons (Fsp3) is 0.174. The summed E-state index contributed by atoms with van der Waals surface area (Å²) in [5.74, 6) is 0.389. The van der Waals surface area contributed by atoms with Gasteiger partial charge in [-0.25, -0.2) is 4.98 Å². The Balaban J connectivity index is 1.27. The van der Waals surface area contributed by atoms with Gasteiger partial charge in [-0.2, -0.15) is 0 Å². The molecule has 31 heavy (non-hydrogen) atoms. The van der Waals surface area contributed by atoms with E-state index >= 15 is 0 Å². The molecule has 156 valence electrons. The Kier molecular flexibility index (Phi) is 5.25. The largest absolute Gasteiger partial charge is 0.459 e. The fourth-order valence-corrected chi connectivity index (χ4v) is 5.75. The number of para-hydroxylation sites is 1. The van der Waals surface area contributed by atoms with Gasteiger partial charge in [-0.15, -0.1) is 11.3 Å². The summed E-state index contributed by atoms with van der Waals surface area (Å²) in [6, 6.07) is 17.1. The number of aromatic nitrogens is 1. The normalized spacial score (nSPS) is 15.3. The van der Waals surface area contributed by atoms with Gasteiger partial charge in [0.1, 0.15) is 0 Å². The van der Waals surface area contributed by atoms with E-state index in [1.54, 1.807) is 12.1 Å². The van der Waals surface area contributed by atoms with Crippen LogP contribution in [0.4, 0.5) is 11.4 Å². The molecule has 1 N–H and O–H groups in total. The number of carbonyl (C=O) groups excluding carboxylic acids is 2. The lowest BCUT2D eigenvalue weighted by atomic mass is 10.1. The minimum atomic E-state index is -0.297. The molecule has 2 aromatic carbocycles. The minimum Gasteiger partial charge on any atom is -0.459 e. The molecule has 0 fully saturated rings. The number of fused-ring (bicyclic) bond motifs is 2. The number of hydrogen-bond donors (Lipinski definition) is 1. The molecule has 0 saturated heterocycles. The van der Waals surface area contributed by atoms with Crippen molar-refractivity contribution in [2.75, 3.05) is 16.0 Å². The van der Waals surface area contributed by atoms with Crippen LogP contribution < -0.4 is 10.2 Å². The van der Waals surface area contributed by atoms with E-state index in [1.807, 2.05) is 41.3 Å². The maximum atomic E-state index is 12.9. The number of thiazole rings is 1. The summed E-state index contributed by atoms with van der Waals surface area (Å²) in [6.07, 6.45) is 2.35. The van der Waals surface area contributed by atoms with E-state index in [0.29, 0.717) is 11.4 Å². The minimum absolute atomic E-state index is 0.0908. The van der Waals surface area contributed by atoms with Crippen LogP contribution in [-0.4, -0.2) is 28.6 Å². The van der Waals surface area contributed by atoms with Gasteiger partial charge in [0.2, 0.25) is 5.91 Å². The second kappa shape index (κ2) is 8.20. The third-order valence-corrected chi connectivity index (χ3v) is 7.31. The topological polar surface area (TPSA) is 75.4 Å². The number of benzene rings is 2. The summed E-state index contributed by atoms with van der Waals surface area (Å²) < 4.78 is 6.91. The molecule has 8 heteroatoms. The second-order valence-electron chi connectivity index (χ2n) is 7.33. The Bertz CT molecular complexity index is 1270. The molecule has 0 spiro atoms. The quantitative estimate of drug-likeness (QED) is 0.423. The number of thioether (sulfide) groups is 1. The van der Waals surface area contributed by atoms with E-state index in [9.17, 15) is 9.59 Å². The molecular weight excluding hydrogens is 430 g/mol. The van der Waals surface area contributed by atoms with Gasteiger partial charge >= 0.3 is 0 Å². The zero-order valence-corrected chi connectivity index (χ0v) is 18.3. The zero-order valence-electron chi connectivity index (χ0n) is 16.7. The van der Waals surface area contributed by atoms with Crippen LogP contribution in [0.5, 0.6) is 0 Å². The van der Waals surface area contributed by atoms with E-state index in [2.05, 4.69) is 23.3 Å². The number of hydrogen-bond acceptors (Lipinski definition) is 6. The number of rotatable bonds is 5. The first-order valence-electron chi connectivity index (χ1n) is 9.87. The van der Waals surface area contributed by atoms with Gasteiger partial charge in [0, 0.05) is 17.4 Å². The monoisotopic (exact) mass is 449 g/mol. The van der Waals surface area contributed by atoms with Crippen LogP contribution in [0, 0.1) is 0 Å². The van der Waals surface area contributed by atoms with E-state index < -0.39 is 0 Å². The molecule has 2 aromatic heterocycles. The van der Waals surface area contributed by atoms with Crippen molar-refractivity contribution >= 4 is 56.5 Å². The van der Waals surface area contributed by atoms with Crippen molar-refractivity contribution in [2.24, 2.45) is 0 Å². The third-order valence-electron chi connectivity index (χ3n) is 5.17. The van der Waals surface area contributed by atoms with Gasteiger partial charge in [0.25, 0.3) is 5.91 Å². The molecule has 1 unspecified atom stereocenters. The van der Waals surface area contributed by atoms with Crippen LogP contribution in [-0.2, 0) is 11.2 Å². The lowest BCUT2D eigenvalue weighted by Gasteiger charge is -2.22. The Hall–Kier alpha value is -3.10. The van der Waals surface area contributed by atoms with Crippen LogP contribution in [0.15, 0.2) is 69.6 Å². The van der Waals surface area contributed by atoms with Gasteiger partial charge < -0.3 is 14.6 Å². The van der Waals surface area contributed by atoms with Gasteiger partial charge in [-0.05, 0) is 55.3 Å². The first-order valence-corrected chi connectivity index (χ1v) is 11.7. The average molecular weight is 450 g/mol. The maximum absolute atomic E-state index is 12.9. The van der Waals surface area contributed by atoms with E-state index in [-0.39, 0.29) is 23.6 Å². The molecule has 1 aliphatic heterocycles. The van der Waals surface area contributed by atoms with E-state index in [0.717, 1.165) is 26.7 Å². The van der Waals surface area contributed by atoms with Crippen LogP contribution in [0.1, 0.15) is 23.0 Å². The highest BCUT2D eigenvalue weighted by Crippen LogP contribution is 2.35. The molecule has 6 nitrogen and oxygen atoms in total. The van der Waals surface area contributed by atoms with Crippen molar-refractivity contribution in [1.82, 2.24) is 4.98 Å². The lowest BCUT2D eigenvalue weighted by Crippen LogP contribution is -2.36. The molecule has 4 aromatic rings. The molecule has 2 amide bonds. The Morgan fingerprint density at radius 1 is 1.23 bits per heavy atom. The molecule has 3 heterocycles. The Labute approximate surface area is 187 Å². The van der Waals surface area contributed by atoms with Crippen LogP contribution in [0.25, 0.3) is 10.2 Å². The first kappa shape index (κ1) is 19.8. The fourth-order valence-electron chi connectivity index (χ4n) is 3.78. The predicted octanol–water partition coefficient (Wildman–Crippen LogP) is 5.21. The number of anilines is 2. The molecule has 0 radical (unpaired) electrons. The second-order valence-corrected chi connectivity index (χ2v) is 9.58. The highest BCUT2D eigenvalue weighted by atomic mass is 32.2. The number of nitrogens with one attached hydrogen (secondary N) is 1. The van der Waals surface area contributed by atoms with Gasteiger partial charge in [0.15, 0.2) is 10.1 Å². The highest BCUT2D eigenvalue weighted by Gasteiger charge is 2.30. The van der Waals surface area contributed by atoms with Gasteiger partial charge in [0.05, 0.1) is 22.2 Å². The molecule has 0 aliphatic carbocycles. The summed E-state index contributed by atoms with van der Waals surface area (Å²) in [5.41, 5.74) is 3.75. The SMILES string of the molecule is CC1Cc2ccccc2N1C(=O)CSc1nc2ccc(NC(=O)c3ccco3)cc2s1. The zero-order chi connectivity index (χ0) is 21.4. The number of nitrogens with zero attached hydrogens (tertiary/aromatic N) is 2. The molecule has 0 saturated carbocycles. The van der Waals surface area contributed by atoms with Crippen molar-refractivity contribution in [1.29, 1.82) is 0 Å². The molecular formula is C23H19N3O3S2. The molecule has 0 bridgehead atoms. The Morgan fingerprint density at radius 2 is 2.10 bits per heavy atom. The number of carbonyl (C=O) groups is 2. The van der Waals surface area contributed by atoms with Crippen molar-refractivity contribution in [2.45, 2.75) is 23.7 Å². The first-order chi connectivity index (χ1) is 15.1. The van der Waals surface area contributed by atoms with Crippen LogP contribution in [0.3, 0.4) is 0 Å². The van der Waals surface area contributed by atoms with E-state index in [4.69, 9.17) is 4.42 Å². The third kappa shape index (κ3) is 3.96.